The maximum Gasteiger partial charge on any atom is 0.288 e. The minimum absolute atomic E-state index is 0.0127. The first kappa shape index (κ1) is 23.3. The van der Waals surface area contributed by atoms with Gasteiger partial charge in [0.25, 0.3) is 5.91 Å². The second-order valence-corrected chi connectivity index (χ2v) is 6.62. The molecule has 2 atom stereocenters. The molecule has 8 nitrogen and oxygen atoms in total. The van der Waals surface area contributed by atoms with Crippen molar-refractivity contribution in [2.45, 2.75) is 24.9 Å². The molecule has 1 N–H and O–H groups in total. The Bertz CT molecular complexity index is 633. The molecule has 1 amide bonds. The Morgan fingerprint density at radius 1 is 1.21 bits per heavy atom. The third kappa shape index (κ3) is 7.41. The van der Waals surface area contributed by atoms with E-state index >= 15 is 0 Å². The number of amides is 1. The van der Waals surface area contributed by atoms with Crippen LogP contribution in [0.25, 0.3) is 0 Å². The number of benzene rings is 1. The van der Waals surface area contributed by atoms with Gasteiger partial charge in [0.2, 0.25) is 6.29 Å². The zero-order valence-corrected chi connectivity index (χ0v) is 17.3. The first-order valence-corrected chi connectivity index (χ1v) is 9.63. The van der Waals surface area contributed by atoms with Gasteiger partial charge in [0.1, 0.15) is 0 Å². The van der Waals surface area contributed by atoms with Crippen molar-refractivity contribution in [3.05, 3.63) is 47.7 Å². The number of rotatable bonds is 12. The number of likely N-dealkylation sites (N-methyl/N-ethyl adjacent to an activating group) is 1. The molecule has 2 rings (SSSR count). The predicted octanol–water partition coefficient (Wildman–Crippen LogP) is 1.50. The average Bonchev–Trinajstić information content (AvgIpc) is 2.77. The fraction of sp³-hybridized carbons (Fsp3) is 0.571. The van der Waals surface area contributed by atoms with Crippen molar-refractivity contribution in [2.24, 2.45) is 0 Å². The monoisotopic (exact) mass is 409 g/mol. The Morgan fingerprint density at radius 2 is 1.93 bits per heavy atom. The maximum absolute atomic E-state index is 12.9. The molecule has 0 aliphatic carbocycles. The van der Waals surface area contributed by atoms with E-state index in [9.17, 15) is 4.79 Å². The van der Waals surface area contributed by atoms with Crippen molar-refractivity contribution in [1.82, 2.24) is 4.90 Å². The molecular weight excluding hydrogens is 378 g/mol. The largest absolute Gasteiger partial charge is 0.459 e. The van der Waals surface area contributed by atoms with E-state index < -0.39 is 12.6 Å². The van der Waals surface area contributed by atoms with Crippen LogP contribution in [0.15, 0.2) is 42.2 Å². The van der Waals surface area contributed by atoms with Crippen molar-refractivity contribution in [2.75, 3.05) is 54.2 Å². The number of methoxy groups -OCH3 is 2. The topological polar surface area (TPSA) is 86.7 Å². The lowest BCUT2D eigenvalue weighted by Crippen LogP contribution is -2.39. The zero-order chi connectivity index (χ0) is 21.1. The third-order valence-corrected chi connectivity index (χ3v) is 4.56. The summed E-state index contributed by atoms with van der Waals surface area (Å²) >= 11 is 0. The molecule has 0 saturated carbocycles. The fourth-order valence-corrected chi connectivity index (χ4v) is 2.99. The predicted molar refractivity (Wildman–Crippen MR) is 106 cm³/mol. The maximum atomic E-state index is 12.9. The van der Waals surface area contributed by atoms with Crippen molar-refractivity contribution >= 4 is 5.91 Å². The van der Waals surface area contributed by atoms with Gasteiger partial charge in [-0.2, -0.15) is 0 Å². The second-order valence-electron chi connectivity index (χ2n) is 6.62. The molecule has 0 saturated heterocycles. The Kier molecular flexibility index (Phi) is 10.1. The van der Waals surface area contributed by atoms with E-state index in [1.807, 2.05) is 36.4 Å². The normalized spacial score (nSPS) is 19.0. The van der Waals surface area contributed by atoms with Gasteiger partial charge in [-0.25, -0.2) is 0 Å². The highest BCUT2D eigenvalue weighted by Gasteiger charge is 2.30. The van der Waals surface area contributed by atoms with Crippen LogP contribution >= 0.6 is 0 Å². The van der Waals surface area contributed by atoms with Crippen molar-refractivity contribution in [3.63, 3.8) is 0 Å². The summed E-state index contributed by atoms with van der Waals surface area (Å²) in [5.41, 5.74) is 1.08. The third-order valence-electron chi connectivity index (χ3n) is 4.56. The molecule has 1 heterocycles. The number of allylic oxidation sites excluding steroid dienone is 1. The number of nitrogens with zero attached hydrogens (tertiary/aromatic N) is 1. The molecule has 29 heavy (non-hydrogen) atoms. The lowest BCUT2D eigenvalue weighted by atomic mass is 9.93. The van der Waals surface area contributed by atoms with Crippen LogP contribution in [0.5, 0.6) is 0 Å². The summed E-state index contributed by atoms with van der Waals surface area (Å²) in [4.78, 5) is 14.4. The molecule has 0 fully saturated rings. The second kappa shape index (κ2) is 12.6. The van der Waals surface area contributed by atoms with Crippen LogP contribution in [-0.2, 0) is 28.5 Å². The molecular formula is C21H31NO7. The Hall–Kier alpha value is -1.97. The summed E-state index contributed by atoms with van der Waals surface area (Å²) in [6, 6.07) is 9.92. The van der Waals surface area contributed by atoms with E-state index in [2.05, 4.69) is 0 Å². The van der Waals surface area contributed by atoms with Crippen LogP contribution < -0.4 is 0 Å². The minimum Gasteiger partial charge on any atom is -0.459 e. The van der Waals surface area contributed by atoms with Gasteiger partial charge in [-0.15, -0.1) is 0 Å². The highest BCUT2D eigenvalue weighted by molar-refractivity contribution is 5.91. The number of hydrogen-bond acceptors (Lipinski definition) is 7. The molecule has 1 aromatic carbocycles. The van der Waals surface area contributed by atoms with E-state index in [4.69, 9.17) is 28.8 Å². The Labute approximate surface area is 171 Å². The van der Waals surface area contributed by atoms with E-state index in [0.29, 0.717) is 19.6 Å². The summed E-state index contributed by atoms with van der Waals surface area (Å²) in [6.45, 7) is 1.14. The van der Waals surface area contributed by atoms with Crippen molar-refractivity contribution in [1.29, 1.82) is 0 Å². The summed E-state index contributed by atoms with van der Waals surface area (Å²) in [5.74, 6) is -0.0454. The summed E-state index contributed by atoms with van der Waals surface area (Å²) in [5, 5.41) is 8.76. The number of aliphatic hydroxyl groups excluding tert-OH is 1. The number of hydrogen-bond donors (Lipinski definition) is 1. The minimum atomic E-state index is -0.573. The first-order valence-electron chi connectivity index (χ1n) is 9.63. The van der Waals surface area contributed by atoms with Crippen LogP contribution in [0.2, 0.25) is 0 Å². The standard InChI is InChI=1S/C21H31NO7/c1-22(15-20(25-2)26-3)21(24)18-13-17(16-7-5-4-6-8-16)14-19(29-18)28-12-11-27-10-9-23/h4-8,13,17,19-20,23H,9-12,14-15H2,1-3H3/t17-,19+/m1/s1. The number of ether oxygens (including phenoxy) is 5. The van der Waals surface area contributed by atoms with Crippen LogP contribution in [-0.4, -0.2) is 82.7 Å². The molecule has 0 unspecified atom stereocenters. The highest BCUT2D eigenvalue weighted by Crippen LogP contribution is 2.31. The SMILES string of the molecule is COC(CN(C)C(=O)C1=C[C@@H](c2ccccc2)C[C@@H](OCCOCCO)O1)OC. The fourth-order valence-electron chi connectivity index (χ4n) is 2.99. The van der Waals surface area contributed by atoms with Gasteiger partial charge < -0.3 is 33.7 Å². The summed E-state index contributed by atoms with van der Waals surface area (Å²) < 4.78 is 27.2. The van der Waals surface area contributed by atoms with Gasteiger partial charge in [0.05, 0.1) is 33.0 Å². The average molecular weight is 409 g/mol. The lowest BCUT2D eigenvalue weighted by molar-refractivity contribution is -0.161. The van der Waals surface area contributed by atoms with Crippen LogP contribution in [0.1, 0.15) is 17.9 Å². The van der Waals surface area contributed by atoms with Crippen LogP contribution in [0.3, 0.4) is 0 Å². The van der Waals surface area contributed by atoms with E-state index in [1.165, 1.54) is 19.1 Å². The summed E-state index contributed by atoms with van der Waals surface area (Å²) in [7, 11) is 4.72. The number of carbonyl (C=O) groups excluding carboxylic acids is 1. The van der Waals surface area contributed by atoms with Crippen LogP contribution in [0, 0.1) is 0 Å². The van der Waals surface area contributed by atoms with Crippen molar-refractivity contribution in [3.8, 4) is 0 Å². The smallest absolute Gasteiger partial charge is 0.288 e. The quantitative estimate of drug-likeness (QED) is 0.414. The van der Waals surface area contributed by atoms with E-state index in [-0.39, 0.29) is 37.3 Å². The molecule has 0 radical (unpaired) electrons. The zero-order valence-electron chi connectivity index (χ0n) is 17.3. The number of carbonyl (C=O) groups is 1. The van der Waals surface area contributed by atoms with Gasteiger partial charge in [0, 0.05) is 33.6 Å². The lowest BCUT2D eigenvalue weighted by Gasteiger charge is -2.31. The van der Waals surface area contributed by atoms with E-state index in [1.54, 1.807) is 7.05 Å². The Balaban J connectivity index is 2.08. The van der Waals surface area contributed by atoms with Crippen LogP contribution in [0.4, 0.5) is 0 Å². The van der Waals surface area contributed by atoms with Gasteiger partial charge >= 0.3 is 0 Å². The van der Waals surface area contributed by atoms with Gasteiger partial charge in [-0.1, -0.05) is 30.3 Å². The first-order chi connectivity index (χ1) is 14.1. The van der Waals surface area contributed by atoms with Crippen molar-refractivity contribution < 1.29 is 33.6 Å². The Morgan fingerprint density at radius 3 is 2.59 bits per heavy atom. The summed E-state index contributed by atoms with van der Waals surface area (Å²) in [6.07, 6.45) is 1.33. The van der Waals surface area contributed by atoms with Gasteiger partial charge in [0.15, 0.2) is 12.0 Å². The van der Waals surface area contributed by atoms with Gasteiger partial charge in [-0.05, 0) is 11.6 Å². The van der Waals surface area contributed by atoms with E-state index in [0.717, 1.165) is 5.56 Å². The molecule has 0 aromatic heterocycles. The molecule has 8 heteroatoms. The van der Waals surface area contributed by atoms with Gasteiger partial charge in [-0.3, -0.25) is 4.79 Å². The molecule has 1 aromatic rings. The molecule has 1 aliphatic heterocycles. The number of aliphatic hydroxyl groups is 1. The highest BCUT2D eigenvalue weighted by atomic mass is 16.7. The molecule has 0 bridgehead atoms. The molecule has 162 valence electrons. The molecule has 0 spiro atoms. The molecule has 1 aliphatic rings.